The lowest BCUT2D eigenvalue weighted by atomic mass is 10.1. The molecule has 0 unspecified atom stereocenters. The van der Waals surface area contributed by atoms with Crippen molar-refractivity contribution in [2.24, 2.45) is 0 Å². The summed E-state index contributed by atoms with van der Waals surface area (Å²) in [5.41, 5.74) is 3.80. The van der Waals surface area contributed by atoms with Crippen molar-refractivity contribution in [1.29, 1.82) is 0 Å². The largest absolute Gasteiger partial charge is 0.351 e. The molecule has 2 rings (SSSR count). The van der Waals surface area contributed by atoms with Crippen molar-refractivity contribution < 1.29 is 9.18 Å². The van der Waals surface area contributed by atoms with Crippen LogP contribution in [0.1, 0.15) is 22.3 Å². The molecule has 0 saturated heterocycles. The molecule has 1 N–H and O–H groups in total. The highest BCUT2D eigenvalue weighted by Crippen LogP contribution is 2.10. The van der Waals surface area contributed by atoms with Gasteiger partial charge in [0.1, 0.15) is 5.82 Å². The molecule has 0 atom stereocenters. The van der Waals surface area contributed by atoms with Crippen LogP contribution in [-0.4, -0.2) is 24.4 Å². The van der Waals surface area contributed by atoms with Gasteiger partial charge in [-0.3, -0.25) is 9.69 Å². The Balaban J connectivity index is 1.82. The number of carbonyl (C=O) groups is 1. The molecule has 4 heteroatoms. The van der Waals surface area contributed by atoms with Crippen molar-refractivity contribution in [1.82, 2.24) is 10.2 Å². The molecule has 0 saturated carbocycles. The van der Waals surface area contributed by atoms with Gasteiger partial charge in [0.05, 0.1) is 6.54 Å². The van der Waals surface area contributed by atoms with E-state index in [0.29, 0.717) is 18.7 Å². The number of benzene rings is 2. The van der Waals surface area contributed by atoms with Crippen molar-refractivity contribution in [3.63, 3.8) is 0 Å². The van der Waals surface area contributed by atoms with Gasteiger partial charge in [0.25, 0.3) is 0 Å². The van der Waals surface area contributed by atoms with Crippen LogP contribution in [0, 0.1) is 19.7 Å². The molecule has 2 aromatic rings. The van der Waals surface area contributed by atoms with Crippen LogP contribution in [0.5, 0.6) is 0 Å². The zero-order valence-electron chi connectivity index (χ0n) is 13.9. The van der Waals surface area contributed by atoms with Crippen molar-refractivity contribution >= 4 is 5.91 Å². The molecule has 0 spiro atoms. The Bertz CT molecular complexity index is 685. The van der Waals surface area contributed by atoms with Crippen molar-refractivity contribution in [2.45, 2.75) is 26.9 Å². The molecule has 122 valence electrons. The molecule has 0 aliphatic rings. The molecule has 23 heavy (non-hydrogen) atoms. The molecule has 3 nitrogen and oxygen atoms in total. The SMILES string of the molecule is Cc1ccc(CNC(=O)CN(C)Cc2ccccc2C)cc1F. The van der Waals surface area contributed by atoms with Crippen molar-refractivity contribution in [3.8, 4) is 0 Å². The third-order valence-electron chi connectivity index (χ3n) is 3.84. The third-order valence-corrected chi connectivity index (χ3v) is 3.84. The first-order chi connectivity index (χ1) is 11.0. The highest BCUT2D eigenvalue weighted by Gasteiger charge is 2.08. The lowest BCUT2D eigenvalue weighted by Gasteiger charge is -2.17. The van der Waals surface area contributed by atoms with E-state index in [-0.39, 0.29) is 11.7 Å². The Labute approximate surface area is 137 Å². The van der Waals surface area contributed by atoms with E-state index < -0.39 is 0 Å². The van der Waals surface area contributed by atoms with E-state index in [2.05, 4.69) is 24.4 Å². The summed E-state index contributed by atoms with van der Waals surface area (Å²) in [5.74, 6) is -0.310. The van der Waals surface area contributed by atoms with Crippen LogP contribution in [0.4, 0.5) is 4.39 Å². The Hall–Kier alpha value is -2.20. The van der Waals surface area contributed by atoms with E-state index in [1.54, 1.807) is 13.0 Å². The minimum Gasteiger partial charge on any atom is -0.351 e. The number of amides is 1. The first-order valence-electron chi connectivity index (χ1n) is 7.70. The van der Waals surface area contributed by atoms with Gasteiger partial charge in [-0.05, 0) is 49.2 Å². The molecule has 1 amide bonds. The second-order valence-electron chi connectivity index (χ2n) is 5.96. The van der Waals surface area contributed by atoms with Crippen LogP contribution >= 0.6 is 0 Å². The maximum Gasteiger partial charge on any atom is 0.234 e. The van der Waals surface area contributed by atoms with Crippen LogP contribution in [0.25, 0.3) is 0 Å². The van der Waals surface area contributed by atoms with Crippen molar-refractivity contribution in [3.05, 3.63) is 70.5 Å². The van der Waals surface area contributed by atoms with Gasteiger partial charge >= 0.3 is 0 Å². The fraction of sp³-hybridized carbons (Fsp3) is 0.316. The number of hydrogen-bond acceptors (Lipinski definition) is 2. The van der Waals surface area contributed by atoms with Gasteiger partial charge < -0.3 is 5.32 Å². The highest BCUT2D eigenvalue weighted by atomic mass is 19.1. The van der Waals surface area contributed by atoms with Crippen LogP contribution in [-0.2, 0) is 17.9 Å². The molecule has 0 radical (unpaired) electrons. The zero-order chi connectivity index (χ0) is 16.8. The smallest absolute Gasteiger partial charge is 0.234 e. The van der Waals surface area contributed by atoms with Gasteiger partial charge in [-0.1, -0.05) is 36.4 Å². The number of nitrogens with one attached hydrogen (secondary N) is 1. The Kier molecular flexibility index (Phi) is 5.88. The second kappa shape index (κ2) is 7.88. The predicted molar refractivity (Wildman–Crippen MR) is 90.5 cm³/mol. The van der Waals surface area contributed by atoms with E-state index in [1.807, 2.05) is 30.1 Å². The molecule has 0 aromatic heterocycles. The molecule has 0 heterocycles. The van der Waals surface area contributed by atoms with Gasteiger partial charge in [0.2, 0.25) is 5.91 Å². The first kappa shape index (κ1) is 17.2. The maximum atomic E-state index is 13.5. The van der Waals surface area contributed by atoms with Gasteiger partial charge in [-0.15, -0.1) is 0 Å². The molecule has 0 aliphatic heterocycles. The van der Waals surface area contributed by atoms with Crippen LogP contribution < -0.4 is 5.32 Å². The normalized spacial score (nSPS) is 10.8. The number of aryl methyl sites for hydroxylation is 2. The summed E-state index contributed by atoms with van der Waals surface area (Å²) >= 11 is 0. The number of hydrogen-bond donors (Lipinski definition) is 1. The summed E-state index contributed by atoms with van der Waals surface area (Å²) in [6.07, 6.45) is 0. The molecule has 2 aromatic carbocycles. The summed E-state index contributed by atoms with van der Waals surface area (Å²) in [6, 6.07) is 13.2. The summed E-state index contributed by atoms with van der Waals surface area (Å²) in [7, 11) is 1.91. The number of carbonyl (C=O) groups excluding carboxylic acids is 1. The molecule has 0 fully saturated rings. The maximum absolute atomic E-state index is 13.5. The van der Waals surface area contributed by atoms with Gasteiger partial charge in [-0.25, -0.2) is 4.39 Å². The molecular formula is C19H23FN2O. The summed E-state index contributed by atoms with van der Waals surface area (Å²) < 4.78 is 13.5. The van der Waals surface area contributed by atoms with Crippen molar-refractivity contribution in [2.75, 3.05) is 13.6 Å². The van der Waals surface area contributed by atoms with E-state index >= 15 is 0 Å². The van der Waals surface area contributed by atoms with E-state index in [0.717, 1.165) is 12.1 Å². The fourth-order valence-corrected chi connectivity index (χ4v) is 2.38. The Morgan fingerprint density at radius 3 is 2.57 bits per heavy atom. The second-order valence-corrected chi connectivity index (χ2v) is 5.96. The number of rotatable bonds is 6. The van der Waals surface area contributed by atoms with E-state index in [9.17, 15) is 9.18 Å². The average Bonchev–Trinajstić information content (AvgIpc) is 2.51. The van der Waals surface area contributed by atoms with Crippen LogP contribution in [0.15, 0.2) is 42.5 Å². The number of halogens is 1. The number of likely N-dealkylation sites (N-methyl/N-ethyl adjacent to an activating group) is 1. The van der Waals surface area contributed by atoms with E-state index in [1.165, 1.54) is 17.2 Å². The quantitative estimate of drug-likeness (QED) is 0.888. The molecular weight excluding hydrogens is 291 g/mol. The minimum absolute atomic E-state index is 0.0675. The van der Waals surface area contributed by atoms with Gasteiger partial charge in [0.15, 0.2) is 0 Å². The van der Waals surface area contributed by atoms with Crippen LogP contribution in [0.2, 0.25) is 0 Å². The van der Waals surface area contributed by atoms with Crippen LogP contribution in [0.3, 0.4) is 0 Å². The minimum atomic E-state index is -0.242. The zero-order valence-corrected chi connectivity index (χ0v) is 13.9. The van der Waals surface area contributed by atoms with E-state index in [4.69, 9.17) is 0 Å². The highest BCUT2D eigenvalue weighted by molar-refractivity contribution is 5.77. The average molecular weight is 314 g/mol. The monoisotopic (exact) mass is 314 g/mol. The van der Waals surface area contributed by atoms with Gasteiger partial charge in [-0.2, -0.15) is 0 Å². The third kappa shape index (κ3) is 5.18. The number of nitrogens with zero attached hydrogens (tertiary/aromatic N) is 1. The molecule has 0 bridgehead atoms. The Morgan fingerprint density at radius 1 is 1.13 bits per heavy atom. The first-order valence-corrected chi connectivity index (χ1v) is 7.70. The molecule has 0 aliphatic carbocycles. The summed E-state index contributed by atoms with van der Waals surface area (Å²) in [4.78, 5) is 14.0. The predicted octanol–water partition coefficient (Wildman–Crippen LogP) is 3.19. The summed E-state index contributed by atoms with van der Waals surface area (Å²) in [5, 5.41) is 2.83. The standard InChI is InChI=1S/C19H23FN2O/c1-14-6-4-5-7-17(14)12-22(3)13-19(23)21-11-16-9-8-15(2)18(20)10-16/h4-10H,11-13H2,1-3H3,(H,21,23). The fourth-order valence-electron chi connectivity index (χ4n) is 2.38. The summed E-state index contributed by atoms with van der Waals surface area (Å²) in [6.45, 7) is 5.16. The van der Waals surface area contributed by atoms with Gasteiger partial charge in [0, 0.05) is 13.1 Å². The Morgan fingerprint density at radius 2 is 1.87 bits per heavy atom. The lowest BCUT2D eigenvalue weighted by Crippen LogP contribution is -2.34. The lowest BCUT2D eigenvalue weighted by molar-refractivity contribution is -0.122. The topological polar surface area (TPSA) is 32.3 Å².